The Morgan fingerprint density at radius 1 is 1.26 bits per heavy atom. The van der Waals surface area contributed by atoms with Gasteiger partial charge in [0.1, 0.15) is 5.52 Å². The number of aromatic nitrogens is 3. The summed E-state index contributed by atoms with van der Waals surface area (Å²) in [7, 11) is 0. The van der Waals surface area contributed by atoms with Crippen molar-refractivity contribution in [3.8, 4) is 11.6 Å². The molecule has 0 fully saturated rings. The number of nitrogens with two attached hydrogens (primary N) is 1. The van der Waals surface area contributed by atoms with Crippen LogP contribution in [0.2, 0.25) is 0 Å². The van der Waals surface area contributed by atoms with E-state index >= 15 is 0 Å². The monoisotopic (exact) mass is 258 g/mol. The van der Waals surface area contributed by atoms with Crippen LogP contribution < -0.4 is 10.5 Å². The molecular weight excluding hydrogens is 247 g/mol. The second kappa shape index (κ2) is 4.66. The standard InChI is InChI=1S/C13H11FN4O/c14-10-7-9(8-15)1-2-12(10)19-13-11-3-4-17-18(11)6-5-16-13/h1-7H,8,15H2. The number of nitrogens with zero attached hydrogens (tertiary/aromatic N) is 3. The molecule has 3 rings (SSSR count). The number of halogens is 1. The van der Waals surface area contributed by atoms with Crippen molar-refractivity contribution in [2.75, 3.05) is 0 Å². The number of fused-ring (bicyclic) bond motifs is 1. The van der Waals surface area contributed by atoms with Crippen molar-refractivity contribution in [3.05, 3.63) is 54.2 Å². The summed E-state index contributed by atoms with van der Waals surface area (Å²) in [5.41, 5.74) is 6.83. The van der Waals surface area contributed by atoms with E-state index in [0.717, 1.165) is 0 Å². The van der Waals surface area contributed by atoms with Crippen molar-refractivity contribution in [3.63, 3.8) is 0 Å². The van der Waals surface area contributed by atoms with Crippen molar-refractivity contribution in [2.45, 2.75) is 6.54 Å². The van der Waals surface area contributed by atoms with Gasteiger partial charge in [0, 0.05) is 18.9 Å². The first-order valence-electron chi connectivity index (χ1n) is 5.72. The normalized spacial score (nSPS) is 10.8. The fraction of sp³-hybridized carbons (Fsp3) is 0.0769. The number of rotatable bonds is 3. The zero-order chi connectivity index (χ0) is 13.2. The van der Waals surface area contributed by atoms with E-state index in [4.69, 9.17) is 10.5 Å². The van der Waals surface area contributed by atoms with Crippen LogP contribution in [0.3, 0.4) is 0 Å². The molecule has 0 radical (unpaired) electrons. The molecule has 0 aliphatic rings. The van der Waals surface area contributed by atoms with Gasteiger partial charge < -0.3 is 10.5 Å². The largest absolute Gasteiger partial charge is 0.434 e. The number of hydrogen-bond acceptors (Lipinski definition) is 4. The van der Waals surface area contributed by atoms with Crippen LogP contribution in [0.4, 0.5) is 4.39 Å². The van der Waals surface area contributed by atoms with E-state index in [2.05, 4.69) is 10.1 Å². The van der Waals surface area contributed by atoms with Crippen LogP contribution >= 0.6 is 0 Å². The molecule has 1 aromatic carbocycles. The van der Waals surface area contributed by atoms with Gasteiger partial charge in [-0.25, -0.2) is 13.9 Å². The van der Waals surface area contributed by atoms with Crippen molar-refractivity contribution in [2.24, 2.45) is 5.73 Å². The van der Waals surface area contributed by atoms with Gasteiger partial charge >= 0.3 is 0 Å². The molecule has 0 amide bonds. The van der Waals surface area contributed by atoms with Gasteiger partial charge in [-0.1, -0.05) is 6.07 Å². The lowest BCUT2D eigenvalue weighted by atomic mass is 10.2. The number of ether oxygens (including phenoxy) is 1. The highest BCUT2D eigenvalue weighted by molar-refractivity contribution is 5.56. The lowest BCUT2D eigenvalue weighted by Gasteiger charge is -2.07. The summed E-state index contributed by atoms with van der Waals surface area (Å²) in [4.78, 5) is 4.08. The molecule has 0 atom stereocenters. The van der Waals surface area contributed by atoms with Crippen LogP contribution in [0.1, 0.15) is 5.56 Å². The second-order valence-electron chi connectivity index (χ2n) is 3.96. The number of hydrogen-bond donors (Lipinski definition) is 1. The Balaban J connectivity index is 1.99. The minimum atomic E-state index is -0.466. The molecule has 6 heteroatoms. The molecule has 0 spiro atoms. The highest BCUT2D eigenvalue weighted by Crippen LogP contribution is 2.26. The molecule has 96 valence electrons. The maximum atomic E-state index is 13.8. The van der Waals surface area contributed by atoms with Crippen molar-refractivity contribution in [1.82, 2.24) is 14.6 Å². The lowest BCUT2D eigenvalue weighted by Crippen LogP contribution is -1.99. The Morgan fingerprint density at radius 3 is 2.95 bits per heavy atom. The molecule has 2 heterocycles. The van der Waals surface area contributed by atoms with Gasteiger partial charge in [-0.15, -0.1) is 0 Å². The lowest BCUT2D eigenvalue weighted by molar-refractivity contribution is 0.429. The topological polar surface area (TPSA) is 65.4 Å². The van der Waals surface area contributed by atoms with Gasteiger partial charge in [-0.3, -0.25) is 0 Å². The van der Waals surface area contributed by atoms with Gasteiger partial charge in [0.25, 0.3) is 0 Å². The zero-order valence-electron chi connectivity index (χ0n) is 9.95. The average Bonchev–Trinajstić information content (AvgIpc) is 2.90. The van der Waals surface area contributed by atoms with Crippen molar-refractivity contribution >= 4 is 5.52 Å². The predicted molar refractivity (Wildman–Crippen MR) is 67.4 cm³/mol. The van der Waals surface area contributed by atoms with E-state index in [1.54, 1.807) is 41.3 Å². The molecule has 2 N–H and O–H groups in total. The van der Waals surface area contributed by atoms with Crippen LogP contribution in [0, 0.1) is 5.82 Å². The third kappa shape index (κ3) is 2.13. The van der Waals surface area contributed by atoms with E-state index in [-0.39, 0.29) is 12.3 Å². The summed E-state index contributed by atoms with van der Waals surface area (Å²) in [6, 6.07) is 6.36. The maximum Gasteiger partial charge on any atom is 0.245 e. The van der Waals surface area contributed by atoms with Crippen molar-refractivity contribution < 1.29 is 9.13 Å². The molecule has 0 saturated heterocycles. The summed E-state index contributed by atoms with van der Waals surface area (Å²) < 4.78 is 20.9. The summed E-state index contributed by atoms with van der Waals surface area (Å²) >= 11 is 0. The first-order chi connectivity index (χ1) is 9.28. The average molecular weight is 258 g/mol. The minimum absolute atomic E-state index is 0.110. The van der Waals surface area contributed by atoms with Crippen molar-refractivity contribution in [1.29, 1.82) is 0 Å². The van der Waals surface area contributed by atoms with E-state index in [9.17, 15) is 4.39 Å². The van der Waals surface area contributed by atoms with E-state index < -0.39 is 5.82 Å². The molecule has 19 heavy (non-hydrogen) atoms. The Bertz CT molecular complexity index is 725. The summed E-state index contributed by atoms with van der Waals surface area (Å²) in [5.74, 6) is -0.0512. The Labute approximate surface area is 108 Å². The molecule has 3 aromatic rings. The van der Waals surface area contributed by atoms with Crippen LogP contribution in [0.15, 0.2) is 42.9 Å². The molecule has 0 bridgehead atoms. The SMILES string of the molecule is NCc1ccc(Oc2nccn3nccc23)c(F)c1. The van der Waals surface area contributed by atoms with Gasteiger partial charge in [0.2, 0.25) is 5.88 Å². The van der Waals surface area contributed by atoms with Gasteiger partial charge in [0.05, 0.1) is 6.20 Å². The van der Waals surface area contributed by atoms with Gasteiger partial charge in [0.15, 0.2) is 11.6 Å². The zero-order valence-corrected chi connectivity index (χ0v) is 9.95. The molecule has 0 saturated carbocycles. The highest BCUT2D eigenvalue weighted by atomic mass is 19.1. The first-order valence-corrected chi connectivity index (χ1v) is 5.72. The Kier molecular flexibility index (Phi) is 2.85. The molecule has 0 aliphatic carbocycles. The fourth-order valence-corrected chi connectivity index (χ4v) is 1.77. The molecule has 5 nitrogen and oxygen atoms in total. The van der Waals surface area contributed by atoms with Crippen LogP contribution in [-0.2, 0) is 6.54 Å². The Morgan fingerprint density at radius 2 is 2.16 bits per heavy atom. The first kappa shape index (κ1) is 11.6. The third-order valence-electron chi connectivity index (χ3n) is 2.73. The van der Waals surface area contributed by atoms with E-state index in [0.29, 0.717) is 17.0 Å². The predicted octanol–water partition coefficient (Wildman–Crippen LogP) is 2.12. The van der Waals surface area contributed by atoms with Crippen LogP contribution in [-0.4, -0.2) is 14.6 Å². The van der Waals surface area contributed by atoms with Gasteiger partial charge in [-0.05, 0) is 23.8 Å². The maximum absolute atomic E-state index is 13.8. The summed E-state index contributed by atoms with van der Waals surface area (Å²) in [6.07, 6.45) is 4.86. The highest BCUT2D eigenvalue weighted by Gasteiger charge is 2.09. The smallest absolute Gasteiger partial charge is 0.245 e. The fourth-order valence-electron chi connectivity index (χ4n) is 1.77. The molecular formula is C13H11FN4O. The van der Waals surface area contributed by atoms with Crippen LogP contribution in [0.25, 0.3) is 5.52 Å². The molecule has 0 unspecified atom stereocenters. The van der Waals surface area contributed by atoms with E-state index in [1.807, 2.05) is 0 Å². The minimum Gasteiger partial charge on any atom is -0.434 e. The Hall–Kier alpha value is -2.47. The second-order valence-corrected chi connectivity index (χ2v) is 3.96. The quantitative estimate of drug-likeness (QED) is 0.781. The molecule has 0 aliphatic heterocycles. The van der Waals surface area contributed by atoms with Crippen LogP contribution in [0.5, 0.6) is 11.6 Å². The summed E-state index contributed by atoms with van der Waals surface area (Å²) in [5, 5.41) is 4.06. The molecule has 2 aromatic heterocycles. The summed E-state index contributed by atoms with van der Waals surface area (Å²) in [6.45, 7) is 0.285. The number of benzene rings is 1. The van der Waals surface area contributed by atoms with E-state index in [1.165, 1.54) is 6.07 Å². The third-order valence-corrected chi connectivity index (χ3v) is 2.73. The van der Waals surface area contributed by atoms with Gasteiger partial charge in [-0.2, -0.15) is 5.10 Å².